The maximum Gasteiger partial charge on any atom is 0.130 e. The number of halogens is 1. The quantitative estimate of drug-likeness (QED) is 0.905. The zero-order valence-corrected chi connectivity index (χ0v) is 11.0. The molecule has 1 atom stereocenters. The van der Waals surface area contributed by atoms with E-state index < -0.39 is 0 Å². The Hall–Kier alpha value is -1.09. The van der Waals surface area contributed by atoms with Crippen LogP contribution in [-0.2, 0) is 4.79 Å². The molecule has 0 radical (unpaired) electrons. The molecular weight excluding hydrogens is 266 g/mol. The SMILES string of the molecule is CC(=O)CC(C)c1c[nH]c2cccc(Br)c12. The Morgan fingerprint density at radius 2 is 2.25 bits per heavy atom. The number of carbonyl (C=O) groups is 1. The molecule has 2 nitrogen and oxygen atoms in total. The van der Waals surface area contributed by atoms with E-state index in [1.54, 1.807) is 6.92 Å². The van der Waals surface area contributed by atoms with E-state index in [1.807, 2.05) is 24.4 Å². The highest BCUT2D eigenvalue weighted by Crippen LogP contribution is 2.32. The molecule has 1 heterocycles. The van der Waals surface area contributed by atoms with Crippen molar-refractivity contribution in [1.82, 2.24) is 4.98 Å². The van der Waals surface area contributed by atoms with Gasteiger partial charge < -0.3 is 9.78 Å². The number of H-pyrrole nitrogens is 1. The van der Waals surface area contributed by atoms with Crippen molar-refractivity contribution in [3.8, 4) is 0 Å². The molecule has 0 bridgehead atoms. The smallest absolute Gasteiger partial charge is 0.130 e. The number of hydrogen-bond acceptors (Lipinski definition) is 1. The van der Waals surface area contributed by atoms with Crippen molar-refractivity contribution in [1.29, 1.82) is 0 Å². The number of nitrogens with one attached hydrogen (secondary N) is 1. The Balaban J connectivity index is 2.48. The lowest BCUT2D eigenvalue weighted by Gasteiger charge is -2.08. The molecule has 84 valence electrons. The average Bonchev–Trinajstić information content (AvgIpc) is 2.61. The van der Waals surface area contributed by atoms with Crippen LogP contribution in [0, 0.1) is 0 Å². The van der Waals surface area contributed by atoms with Crippen LogP contribution in [-0.4, -0.2) is 10.8 Å². The fourth-order valence-corrected chi connectivity index (χ4v) is 2.69. The van der Waals surface area contributed by atoms with Crippen LogP contribution in [0.2, 0.25) is 0 Å². The summed E-state index contributed by atoms with van der Waals surface area (Å²) in [6.45, 7) is 3.73. The number of aromatic nitrogens is 1. The van der Waals surface area contributed by atoms with Gasteiger partial charge >= 0.3 is 0 Å². The van der Waals surface area contributed by atoms with E-state index in [1.165, 1.54) is 10.9 Å². The first kappa shape index (κ1) is 11.4. The van der Waals surface area contributed by atoms with Gasteiger partial charge in [0.15, 0.2) is 0 Å². The number of fused-ring (bicyclic) bond motifs is 1. The summed E-state index contributed by atoms with van der Waals surface area (Å²) in [4.78, 5) is 14.4. The summed E-state index contributed by atoms with van der Waals surface area (Å²) in [6.07, 6.45) is 2.59. The highest BCUT2D eigenvalue weighted by Gasteiger charge is 2.14. The van der Waals surface area contributed by atoms with Crippen LogP contribution >= 0.6 is 15.9 Å². The summed E-state index contributed by atoms with van der Waals surface area (Å²) in [5.41, 5.74) is 2.32. The van der Waals surface area contributed by atoms with E-state index in [0.717, 1.165) is 9.99 Å². The van der Waals surface area contributed by atoms with Gasteiger partial charge in [-0.1, -0.05) is 28.9 Å². The topological polar surface area (TPSA) is 32.9 Å². The fourth-order valence-electron chi connectivity index (χ4n) is 2.10. The van der Waals surface area contributed by atoms with Crippen LogP contribution in [0.1, 0.15) is 31.7 Å². The Morgan fingerprint density at radius 1 is 1.50 bits per heavy atom. The van der Waals surface area contributed by atoms with Gasteiger partial charge in [-0.15, -0.1) is 0 Å². The molecule has 0 aliphatic carbocycles. The number of Topliss-reactive ketones (excluding diaryl/α,β-unsaturated/α-hetero) is 1. The second-order valence-corrected chi connectivity index (χ2v) is 5.07. The van der Waals surface area contributed by atoms with Crippen LogP contribution in [0.3, 0.4) is 0 Å². The Labute approximate surface area is 103 Å². The van der Waals surface area contributed by atoms with Crippen molar-refractivity contribution >= 4 is 32.6 Å². The highest BCUT2D eigenvalue weighted by molar-refractivity contribution is 9.10. The first-order chi connectivity index (χ1) is 7.59. The van der Waals surface area contributed by atoms with Crippen molar-refractivity contribution < 1.29 is 4.79 Å². The molecular formula is C13H14BrNO. The number of benzene rings is 1. The fraction of sp³-hybridized carbons (Fsp3) is 0.308. The maximum absolute atomic E-state index is 11.1. The third kappa shape index (κ3) is 2.05. The molecule has 0 saturated carbocycles. The molecule has 16 heavy (non-hydrogen) atoms. The van der Waals surface area contributed by atoms with Gasteiger partial charge in [-0.25, -0.2) is 0 Å². The molecule has 0 aliphatic rings. The van der Waals surface area contributed by atoms with Crippen molar-refractivity contribution in [3.63, 3.8) is 0 Å². The van der Waals surface area contributed by atoms with Crippen LogP contribution in [0.4, 0.5) is 0 Å². The van der Waals surface area contributed by atoms with E-state index in [9.17, 15) is 4.79 Å². The van der Waals surface area contributed by atoms with Gasteiger partial charge in [0.25, 0.3) is 0 Å². The van der Waals surface area contributed by atoms with Crippen LogP contribution < -0.4 is 0 Å². The molecule has 0 amide bonds. The molecule has 0 saturated heterocycles. The van der Waals surface area contributed by atoms with Crippen molar-refractivity contribution in [2.75, 3.05) is 0 Å². The number of ketones is 1. The Morgan fingerprint density at radius 3 is 2.94 bits per heavy atom. The summed E-state index contributed by atoms with van der Waals surface area (Å²) in [7, 11) is 0. The maximum atomic E-state index is 11.1. The van der Waals surface area contributed by atoms with E-state index in [0.29, 0.717) is 6.42 Å². The molecule has 1 N–H and O–H groups in total. The largest absolute Gasteiger partial charge is 0.361 e. The van der Waals surface area contributed by atoms with Crippen molar-refractivity contribution in [2.24, 2.45) is 0 Å². The molecule has 1 unspecified atom stereocenters. The molecule has 1 aromatic carbocycles. The van der Waals surface area contributed by atoms with E-state index in [-0.39, 0.29) is 11.7 Å². The molecule has 3 heteroatoms. The predicted molar refractivity (Wildman–Crippen MR) is 69.7 cm³/mol. The number of hydrogen-bond donors (Lipinski definition) is 1. The molecule has 2 rings (SSSR count). The average molecular weight is 280 g/mol. The van der Waals surface area contributed by atoms with E-state index >= 15 is 0 Å². The lowest BCUT2D eigenvalue weighted by Crippen LogP contribution is -1.99. The molecule has 0 spiro atoms. The van der Waals surface area contributed by atoms with E-state index in [2.05, 4.69) is 27.8 Å². The lowest BCUT2D eigenvalue weighted by atomic mass is 9.96. The Bertz CT molecular complexity index is 530. The minimum atomic E-state index is 0.230. The van der Waals surface area contributed by atoms with Gasteiger partial charge in [-0.05, 0) is 30.5 Å². The lowest BCUT2D eigenvalue weighted by molar-refractivity contribution is -0.117. The normalized spacial score (nSPS) is 12.9. The molecule has 1 aromatic heterocycles. The third-order valence-corrected chi connectivity index (χ3v) is 3.47. The summed E-state index contributed by atoms with van der Waals surface area (Å²) in [5, 5.41) is 1.19. The summed E-state index contributed by atoms with van der Waals surface area (Å²) < 4.78 is 1.08. The second-order valence-electron chi connectivity index (χ2n) is 4.21. The summed E-state index contributed by atoms with van der Waals surface area (Å²) >= 11 is 3.56. The summed E-state index contributed by atoms with van der Waals surface area (Å²) in [6, 6.07) is 6.08. The first-order valence-electron chi connectivity index (χ1n) is 5.34. The minimum Gasteiger partial charge on any atom is -0.361 e. The Kier molecular flexibility index (Phi) is 3.15. The number of carbonyl (C=O) groups excluding carboxylic acids is 1. The number of rotatable bonds is 3. The molecule has 0 fully saturated rings. The summed E-state index contributed by atoms with van der Waals surface area (Å²) in [5.74, 6) is 0.485. The van der Waals surface area contributed by atoms with Gasteiger partial charge in [0, 0.05) is 28.0 Å². The molecule has 0 aliphatic heterocycles. The van der Waals surface area contributed by atoms with Gasteiger partial charge in [0.1, 0.15) is 5.78 Å². The van der Waals surface area contributed by atoms with Gasteiger partial charge in [-0.3, -0.25) is 0 Å². The monoisotopic (exact) mass is 279 g/mol. The van der Waals surface area contributed by atoms with Crippen molar-refractivity contribution in [2.45, 2.75) is 26.2 Å². The van der Waals surface area contributed by atoms with Crippen LogP contribution in [0.25, 0.3) is 10.9 Å². The van der Waals surface area contributed by atoms with Crippen LogP contribution in [0.15, 0.2) is 28.9 Å². The highest BCUT2D eigenvalue weighted by atomic mass is 79.9. The van der Waals surface area contributed by atoms with E-state index in [4.69, 9.17) is 0 Å². The predicted octanol–water partition coefficient (Wildman–Crippen LogP) is 4.01. The molecule has 2 aromatic rings. The minimum absolute atomic E-state index is 0.230. The first-order valence-corrected chi connectivity index (χ1v) is 6.14. The van der Waals surface area contributed by atoms with Crippen molar-refractivity contribution in [3.05, 3.63) is 34.4 Å². The van der Waals surface area contributed by atoms with Crippen LogP contribution in [0.5, 0.6) is 0 Å². The second kappa shape index (κ2) is 4.42. The van der Waals surface area contributed by atoms with Gasteiger partial charge in [0.2, 0.25) is 0 Å². The zero-order valence-electron chi connectivity index (χ0n) is 9.38. The van der Waals surface area contributed by atoms with Gasteiger partial charge in [-0.2, -0.15) is 0 Å². The standard InChI is InChI=1S/C13H14BrNO/c1-8(6-9(2)16)10-7-15-12-5-3-4-11(14)13(10)12/h3-5,7-8,15H,6H2,1-2H3. The number of aromatic amines is 1. The third-order valence-electron chi connectivity index (χ3n) is 2.81. The zero-order chi connectivity index (χ0) is 11.7. The van der Waals surface area contributed by atoms with Gasteiger partial charge in [0.05, 0.1) is 0 Å².